The highest BCUT2D eigenvalue weighted by Gasteiger charge is 2.30. The third kappa shape index (κ3) is 5.03. The molecule has 0 aliphatic heterocycles. The van der Waals surface area contributed by atoms with E-state index in [-0.39, 0.29) is 11.5 Å². The number of hydrogen-bond donors (Lipinski definition) is 0. The maximum atomic E-state index is 12.4. The maximum Gasteiger partial charge on any atom is 0.416 e. The van der Waals surface area contributed by atoms with E-state index in [1.807, 2.05) is 0 Å². The van der Waals surface area contributed by atoms with Crippen molar-refractivity contribution in [1.82, 2.24) is 0 Å². The smallest absolute Gasteiger partial charge is 0.416 e. The predicted octanol–water partition coefficient (Wildman–Crippen LogP) is 5.69. The lowest BCUT2D eigenvalue weighted by molar-refractivity contribution is -0.138. The van der Waals surface area contributed by atoms with Gasteiger partial charge in [0.1, 0.15) is 11.5 Å². The van der Waals surface area contributed by atoms with Gasteiger partial charge in [-0.15, -0.1) is 0 Å². The van der Waals surface area contributed by atoms with Crippen LogP contribution in [-0.2, 0) is 12.4 Å². The molecule has 0 fully saturated rings. The van der Waals surface area contributed by atoms with Crippen molar-refractivity contribution in [2.24, 2.45) is 0 Å². The van der Waals surface area contributed by atoms with Crippen LogP contribution in [0.2, 0.25) is 0 Å². The Bertz CT molecular complexity index is 577. The van der Waals surface area contributed by atoms with Gasteiger partial charge in [-0.3, -0.25) is 0 Å². The Morgan fingerprint density at radius 2 is 0.870 bits per heavy atom. The molecule has 0 saturated heterocycles. The summed E-state index contributed by atoms with van der Waals surface area (Å²) in [7, 11) is -0.609. The topological polar surface area (TPSA) is 18.5 Å². The Labute approximate surface area is 129 Å². The molecule has 0 N–H and O–H groups in total. The molecule has 0 unspecified atom stereocenters. The third-order valence-electron chi connectivity index (χ3n) is 2.68. The van der Waals surface area contributed by atoms with Gasteiger partial charge < -0.3 is 9.05 Å². The van der Waals surface area contributed by atoms with Crippen molar-refractivity contribution in [1.29, 1.82) is 0 Å². The Hall–Kier alpha value is -1.95. The lowest BCUT2D eigenvalue weighted by Gasteiger charge is -2.10. The predicted molar refractivity (Wildman–Crippen MR) is 72.5 cm³/mol. The van der Waals surface area contributed by atoms with E-state index < -0.39 is 32.5 Å². The summed E-state index contributed by atoms with van der Waals surface area (Å²) in [6.07, 6.45) is -8.87. The van der Waals surface area contributed by atoms with E-state index in [1.54, 1.807) is 0 Å². The van der Waals surface area contributed by atoms with Crippen LogP contribution in [0.15, 0.2) is 48.5 Å². The molecule has 2 aromatic carbocycles. The highest BCUT2D eigenvalue weighted by molar-refractivity contribution is 7.27. The lowest BCUT2D eigenvalue weighted by Crippen LogP contribution is -2.04. The number of hydrogen-bond acceptors (Lipinski definition) is 2. The van der Waals surface area contributed by atoms with Gasteiger partial charge in [0.15, 0.2) is 0 Å². The first-order chi connectivity index (χ1) is 10.7. The molecule has 2 aromatic rings. The molecule has 0 aromatic heterocycles. The quantitative estimate of drug-likeness (QED) is 0.519. The summed E-state index contributed by atoms with van der Waals surface area (Å²) >= 11 is 0. The van der Waals surface area contributed by atoms with Gasteiger partial charge in [-0.1, -0.05) is 0 Å². The minimum absolute atomic E-state index is 0.156. The van der Waals surface area contributed by atoms with E-state index in [2.05, 4.69) is 0 Å². The third-order valence-corrected chi connectivity index (χ3v) is 3.32. The van der Waals surface area contributed by atoms with Crippen molar-refractivity contribution in [2.75, 3.05) is 0 Å². The second-order valence-electron chi connectivity index (χ2n) is 4.33. The van der Waals surface area contributed by atoms with Gasteiger partial charge in [0, 0.05) is 0 Å². The largest absolute Gasteiger partial charge is 0.441 e. The van der Waals surface area contributed by atoms with Crippen LogP contribution in [0.1, 0.15) is 11.1 Å². The summed E-state index contributed by atoms with van der Waals surface area (Å²) in [5.41, 5.74) is -1.62. The summed E-state index contributed by atoms with van der Waals surface area (Å²) in [5.74, 6) is 0.312. The SMILES string of the molecule is FC(F)(F)c1ccc(OPOc2ccc(C(F)(F)F)cc2)cc1. The molecule has 0 aliphatic carbocycles. The zero-order valence-corrected chi connectivity index (χ0v) is 12.2. The van der Waals surface area contributed by atoms with Crippen LogP contribution in [0.5, 0.6) is 11.5 Å². The van der Waals surface area contributed by atoms with Gasteiger partial charge in [-0.25, -0.2) is 0 Å². The first-order valence-corrected chi connectivity index (χ1v) is 6.91. The molecular weight excluding hydrogens is 345 g/mol. The zero-order valence-electron chi connectivity index (χ0n) is 11.2. The molecule has 124 valence electrons. The average molecular weight is 354 g/mol. The molecule has 2 rings (SSSR count). The second kappa shape index (κ2) is 6.66. The molecule has 0 bridgehead atoms. The Morgan fingerprint density at radius 3 is 1.13 bits per heavy atom. The minimum atomic E-state index is -4.43. The zero-order chi connectivity index (χ0) is 17.1. The molecule has 9 heteroatoms. The number of rotatable bonds is 4. The van der Waals surface area contributed by atoms with E-state index in [9.17, 15) is 26.3 Å². The number of alkyl halides is 6. The molecule has 0 radical (unpaired) electrons. The van der Waals surface area contributed by atoms with Gasteiger partial charge in [0.05, 0.1) is 11.1 Å². The molecule has 0 aliphatic rings. The summed E-state index contributed by atoms with van der Waals surface area (Å²) in [4.78, 5) is 0. The molecule has 23 heavy (non-hydrogen) atoms. The lowest BCUT2D eigenvalue weighted by atomic mass is 10.2. The summed E-state index contributed by atoms with van der Waals surface area (Å²) in [6, 6.07) is 7.96. The Kier molecular flexibility index (Phi) is 5.04. The van der Waals surface area contributed by atoms with Crippen LogP contribution in [-0.4, -0.2) is 0 Å². The Balaban J connectivity index is 1.87. The van der Waals surface area contributed by atoms with Crippen molar-refractivity contribution in [3.63, 3.8) is 0 Å². The first kappa shape index (κ1) is 17.4. The number of benzene rings is 2. The van der Waals surface area contributed by atoms with Crippen LogP contribution in [0.4, 0.5) is 26.3 Å². The average Bonchev–Trinajstić information content (AvgIpc) is 2.46. The van der Waals surface area contributed by atoms with Gasteiger partial charge >= 0.3 is 12.4 Å². The fraction of sp³-hybridized carbons (Fsp3) is 0.143. The summed E-state index contributed by atoms with van der Waals surface area (Å²) in [5, 5.41) is 0. The monoisotopic (exact) mass is 354 g/mol. The molecule has 0 spiro atoms. The normalized spacial score (nSPS) is 12.1. The second-order valence-corrected chi connectivity index (χ2v) is 4.91. The van der Waals surface area contributed by atoms with Crippen molar-refractivity contribution in [3.05, 3.63) is 59.7 Å². The van der Waals surface area contributed by atoms with Crippen LogP contribution in [0, 0.1) is 0 Å². The van der Waals surface area contributed by atoms with Crippen LogP contribution in [0.3, 0.4) is 0 Å². The van der Waals surface area contributed by atoms with E-state index >= 15 is 0 Å². The van der Waals surface area contributed by atoms with Gasteiger partial charge in [-0.05, 0) is 48.5 Å². The number of halogens is 6. The van der Waals surface area contributed by atoms with Gasteiger partial charge in [0.25, 0.3) is 9.03 Å². The molecule has 0 atom stereocenters. The van der Waals surface area contributed by atoms with Crippen molar-refractivity contribution >= 4 is 9.03 Å². The molecule has 0 heterocycles. The highest BCUT2D eigenvalue weighted by Crippen LogP contribution is 2.33. The van der Waals surface area contributed by atoms with Crippen molar-refractivity contribution in [2.45, 2.75) is 12.4 Å². The van der Waals surface area contributed by atoms with Gasteiger partial charge in [-0.2, -0.15) is 26.3 Å². The van der Waals surface area contributed by atoms with Gasteiger partial charge in [0.2, 0.25) is 0 Å². The molecule has 0 saturated carbocycles. The minimum Gasteiger partial charge on any atom is -0.441 e. The maximum absolute atomic E-state index is 12.4. The standard InChI is InChI=1S/C14H9F6O2P/c15-13(16,17)9-1-5-11(6-2-9)21-23-22-12-7-3-10(4-8-12)14(18,19)20/h1-8,23H. The highest BCUT2D eigenvalue weighted by atomic mass is 31.1. The molecular formula is C14H9F6O2P. The van der Waals surface area contributed by atoms with E-state index in [0.717, 1.165) is 48.5 Å². The summed E-state index contributed by atoms with van der Waals surface area (Å²) < 4.78 is 84.4. The van der Waals surface area contributed by atoms with Crippen LogP contribution >= 0.6 is 9.03 Å². The Morgan fingerprint density at radius 1 is 0.565 bits per heavy atom. The molecule has 0 amide bonds. The fourth-order valence-corrected chi connectivity index (χ4v) is 2.05. The van der Waals surface area contributed by atoms with Crippen LogP contribution < -0.4 is 9.05 Å². The first-order valence-electron chi connectivity index (χ1n) is 6.09. The van der Waals surface area contributed by atoms with E-state index in [0.29, 0.717) is 0 Å². The van der Waals surface area contributed by atoms with Crippen molar-refractivity contribution in [3.8, 4) is 11.5 Å². The van der Waals surface area contributed by atoms with E-state index in [4.69, 9.17) is 9.05 Å². The fourth-order valence-electron chi connectivity index (χ4n) is 1.54. The molecule has 2 nitrogen and oxygen atoms in total. The van der Waals surface area contributed by atoms with E-state index in [1.165, 1.54) is 0 Å². The summed E-state index contributed by atoms with van der Waals surface area (Å²) in [6.45, 7) is 0. The van der Waals surface area contributed by atoms with Crippen LogP contribution in [0.25, 0.3) is 0 Å². The van der Waals surface area contributed by atoms with Crippen molar-refractivity contribution < 1.29 is 35.4 Å².